The van der Waals surface area contributed by atoms with Gasteiger partial charge >= 0.3 is 0 Å². The molecule has 0 heterocycles. The van der Waals surface area contributed by atoms with Crippen molar-refractivity contribution in [2.75, 3.05) is 41.3 Å². The zero-order chi connectivity index (χ0) is 9.14. The molecule has 1 fully saturated rings. The molecule has 0 N–H and O–H groups in total. The van der Waals surface area contributed by atoms with Crippen molar-refractivity contribution in [3.63, 3.8) is 0 Å². The van der Waals surface area contributed by atoms with E-state index in [1.165, 1.54) is 25.9 Å². The van der Waals surface area contributed by atoms with E-state index in [0.717, 1.165) is 11.8 Å². The predicted molar refractivity (Wildman–Crippen MR) is 67.8 cm³/mol. The minimum absolute atomic E-state index is 0. The summed E-state index contributed by atoms with van der Waals surface area (Å²) in [4.78, 5) is 4.62. The summed E-state index contributed by atoms with van der Waals surface area (Å²) in [6.45, 7) is 2.55. The van der Waals surface area contributed by atoms with Crippen LogP contribution in [0.2, 0.25) is 0 Å². The third-order valence-corrected chi connectivity index (χ3v) is 2.77. The van der Waals surface area contributed by atoms with Crippen molar-refractivity contribution in [2.45, 2.75) is 12.8 Å². The van der Waals surface area contributed by atoms with Crippen LogP contribution in [0.1, 0.15) is 12.8 Å². The Morgan fingerprint density at radius 3 is 1.21 bits per heavy atom. The summed E-state index contributed by atoms with van der Waals surface area (Å²) in [7, 11) is 8.69. The molecule has 0 radical (unpaired) electrons. The second kappa shape index (κ2) is 7.75. The molecular formula is C10H24Cl2N2. The molecular weight excluding hydrogens is 219 g/mol. The molecule has 1 aliphatic rings. The maximum absolute atomic E-state index is 2.31. The van der Waals surface area contributed by atoms with Crippen molar-refractivity contribution in [3.8, 4) is 0 Å². The lowest BCUT2D eigenvalue weighted by atomic mass is 9.73. The second-order valence-electron chi connectivity index (χ2n) is 4.62. The fraction of sp³-hybridized carbons (Fsp3) is 1.00. The van der Waals surface area contributed by atoms with E-state index in [1.807, 2.05) is 0 Å². The third kappa shape index (κ3) is 5.40. The number of nitrogens with zero attached hydrogens (tertiary/aromatic N) is 2. The average Bonchev–Trinajstić information content (AvgIpc) is 1.93. The Morgan fingerprint density at radius 2 is 1.07 bits per heavy atom. The first kappa shape index (κ1) is 16.9. The summed E-state index contributed by atoms with van der Waals surface area (Å²) in [5.41, 5.74) is 0. The first-order chi connectivity index (χ1) is 5.59. The Hall–Kier alpha value is 0.500. The Morgan fingerprint density at radius 1 is 0.786 bits per heavy atom. The highest BCUT2D eigenvalue weighted by Crippen LogP contribution is 2.34. The van der Waals surface area contributed by atoms with E-state index >= 15 is 0 Å². The molecule has 14 heavy (non-hydrogen) atoms. The molecule has 2 atom stereocenters. The van der Waals surface area contributed by atoms with Crippen molar-refractivity contribution in [1.29, 1.82) is 0 Å². The molecule has 4 heteroatoms. The van der Waals surface area contributed by atoms with Gasteiger partial charge in [0.15, 0.2) is 0 Å². The quantitative estimate of drug-likeness (QED) is 0.745. The molecule has 88 valence electrons. The van der Waals surface area contributed by atoms with E-state index < -0.39 is 0 Å². The van der Waals surface area contributed by atoms with E-state index in [9.17, 15) is 0 Å². The van der Waals surface area contributed by atoms with Crippen LogP contribution in [-0.2, 0) is 0 Å². The highest BCUT2D eigenvalue weighted by molar-refractivity contribution is 5.85. The van der Waals surface area contributed by atoms with E-state index in [2.05, 4.69) is 38.0 Å². The van der Waals surface area contributed by atoms with Gasteiger partial charge < -0.3 is 9.80 Å². The molecule has 2 unspecified atom stereocenters. The largest absolute Gasteiger partial charge is 0.309 e. The first-order valence-corrected chi connectivity index (χ1v) is 4.89. The maximum atomic E-state index is 2.31. The van der Waals surface area contributed by atoms with Gasteiger partial charge in [0.05, 0.1) is 0 Å². The van der Waals surface area contributed by atoms with Gasteiger partial charge in [0, 0.05) is 13.1 Å². The van der Waals surface area contributed by atoms with Crippen LogP contribution in [0.5, 0.6) is 0 Å². The highest BCUT2D eigenvalue weighted by Gasteiger charge is 2.30. The SMILES string of the molecule is CN(C)CC1CCC1CN(C)C.Cl.Cl. The maximum Gasteiger partial charge on any atom is 0.000669 e. The van der Waals surface area contributed by atoms with Crippen LogP contribution >= 0.6 is 24.8 Å². The van der Waals surface area contributed by atoms with E-state index in [-0.39, 0.29) is 24.8 Å². The van der Waals surface area contributed by atoms with E-state index in [1.54, 1.807) is 0 Å². The third-order valence-electron chi connectivity index (χ3n) is 2.77. The molecule has 1 rings (SSSR count). The molecule has 1 aliphatic carbocycles. The molecule has 0 aromatic heterocycles. The standard InChI is InChI=1S/C10H22N2.2ClH/c1-11(2)7-9-5-6-10(9)8-12(3)4;;/h9-10H,5-8H2,1-4H3;2*1H. The van der Waals surface area contributed by atoms with Gasteiger partial charge in [-0.05, 0) is 52.9 Å². The minimum Gasteiger partial charge on any atom is -0.309 e. The zero-order valence-corrected chi connectivity index (χ0v) is 11.3. The second-order valence-corrected chi connectivity index (χ2v) is 4.62. The lowest BCUT2D eigenvalue weighted by Crippen LogP contribution is -2.40. The van der Waals surface area contributed by atoms with Gasteiger partial charge in [-0.1, -0.05) is 0 Å². The monoisotopic (exact) mass is 242 g/mol. The Bertz CT molecular complexity index is 124. The molecule has 1 saturated carbocycles. The Kier molecular flexibility index (Phi) is 9.36. The summed E-state index contributed by atoms with van der Waals surface area (Å²) in [6.07, 6.45) is 2.88. The summed E-state index contributed by atoms with van der Waals surface area (Å²) in [5, 5.41) is 0. The summed E-state index contributed by atoms with van der Waals surface area (Å²) < 4.78 is 0. The molecule has 0 spiro atoms. The van der Waals surface area contributed by atoms with Gasteiger partial charge in [0.1, 0.15) is 0 Å². The molecule has 0 bridgehead atoms. The lowest BCUT2D eigenvalue weighted by Gasteiger charge is -2.39. The van der Waals surface area contributed by atoms with E-state index in [0.29, 0.717) is 0 Å². The van der Waals surface area contributed by atoms with Crippen LogP contribution in [0.4, 0.5) is 0 Å². The molecule has 0 saturated heterocycles. The number of hydrogen-bond acceptors (Lipinski definition) is 2. The zero-order valence-electron chi connectivity index (χ0n) is 9.69. The van der Waals surface area contributed by atoms with Crippen molar-refractivity contribution >= 4 is 24.8 Å². The lowest BCUT2D eigenvalue weighted by molar-refractivity contribution is 0.105. The van der Waals surface area contributed by atoms with Crippen LogP contribution in [0.3, 0.4) is 0 Å². The van der Waals surface area contributed by atoms with Gasteiger partial charge in [-0.15, -0.1) is 24.8 Å². The topological polar surface area (TPSA) is 6.48 Å². The molecule has 2 nitrogen and oxygen atoms in total. The Balaban J connectivity index is 0. The molecule has 0 aromatic carbocycles. The number of halogens is 2. The molecule has 0 aliphatic heterocycles. The smallest absolute Gasteiger partial charge is 0.000669 e. The van der Waals surface area contributed by atoms with E-state index in [4.69, 9.17) is 0 Å². The van der Waals surface area contributed by atoms with Crippen molar-refractivity contribution < 1.29 is 0 Å². The van der Waals surface area contributed by atoms with Gasteiger partial charge in [-0.25, -0.2) is 0 Å². The predicted octanol–water partition coefficient (Wildman–Crippen LogP) is 1.98. The fourth-order valence-corrected chi connectivity index (χ4v) is 2.06. The summed E-state index contributed by atoms with van der Waals surface area (Å²) >= 11 is 0. The first-order valence-electron chi connectivity index (χ1n) is 4.89. The molecule has 0 aromatic rings. The fourth-order valence-electron chi connectivity index (χ4n) is 2.06. The van der Waals surface area contributed by atoms with Crippen LogP contribution in [0.25, 0.3) is 0 Å². The van der Waals surface area contributed by atoms with Crippen LogP contribution in [-0.4, -0.2) is 51.1 Å². The Labute approximate surface area is 101 Å². The van der Waals surface area contributed by atoms with Crippen LogP contribution in [0, 0.1) is 11.8 Å². The van der Waals surface area contributed by atoms with Gasteiger partial charge in [-0.2, -0.15) is 0 Å². The normalized spacial score (nSPS) is 25.3. The van der Waals surface area contributed by atoms with Crippen LogP contribution < -0.4 is 0 Å². The van der Waals surface area contributed by atoms with Crippen LogP contribution in [0.15, 0.2) is 0 Å². The van der Waals surface area contributed by atoms with Crippen molar-refractivity contribution in [3.05, 3.63) is 0 Å². The van der Waals surface area contributed by atoms with Gasteiger partial charge in [0.25, 0.3) is 0 Å². The summed E-state index contributed by atoms with van der Waals surface area (Å²) in [5.74, 6) is 1.92. The van der Waals surface area contributed by atoms with Crippen molar-refractivity contribution in [1.82, 2.24) is 9.80 Å². The number of hydrogen-bond donors (Lipinski definition) is 0. The average molecular weight is 243 g/mol. The number of rotatable bonds is 4. The van der Waals surface area contributed by atoms with Crippen molar-refractivity contribution in [2.24, 2.45) is 11.8 Å². The summed E-state index contributed by atoms with van der Waals surface area (Å²) in [6, 6.07) is 0. The van der Waals surface area contributed by atoms with Gasteiger partial charge in [0.2, 0.25) is 0 Å². The minimum atomic E-state index is 0. The van der Waals surface area contributed by atoms with Gasteiger partial charge in [-0.3, -0.25) is 0 Å². The highest BCUT2D eigenvalue weighted by atomic mass is 35.5. The molecule has 0 amide bonds.